The maximum atomic E-state index is 10.5. The quantitative estimate of drug-likeness (QED) is 0.847. The van der Waals surface area contributed by atoms with E-state index in [-0.39, 0.29) is 0 Å². The lowest BCUT2D eigenvalue weighted by atomic mass is 9.90. The van der Waals surface area contributed by atoms with E-state index >= 15 is 0 Å². The molecule has 2 aliphatic rings. The largest absolute Gasteiger partial charge is 0.345 e. The molecule has 23 heavy (non-hydrogen) atoms. The van der Waals surface area contributed by atoms with Crippen LogP contribution in [0.4, 0.5) is 0 Å². The highest BCUT2D eigenvalue weighted by molar-refractivity contribution is 5.47. The van der Waals surface area contributed by atoms with Crippen LogP contribution in [-0.2, 0) is 4.79 Å². The Morgan fingerprint density at radius 3 is 2.00 bits per heavy atom. The Bertz CT molecular complexity index is 372. The number of unbranched alkanes of at least 4 members (excludes halogenated alkanes) is 1. The van der Waals surface area contributed by atoms with Crippen molar-refractivity contribution in [2.45, 2.75) is 58.3 Å². The SMILES string of the molecule is C1CCNC1.CCCC.O=CN1CCC(c2ccccc2)CC1. The molecule has 1 N–H and O–H groups in total. The van der Waals surface area contributed by atoms with Crippen LogP contribution in [0.5, 0.6) is 0 Å². The molecule has 0 aromatic heterocycles. The molecule has 130 valence electrons. The molecule has 3 nitrogen and oxygen atoms in total. The van der Waals surface area contributed by atoms with Gasteiger partial charge in [-0.25, -0.2) is 0 Å². The first-order valence-corrected chi connectivity index (χ1v) is 9.26. The molecule has 0 unspecified atom stereocenters. The van der Waals surface area contributed by atoms with Gasteiger partial charge >= 0.3 is 0 Å². The number of hydrogen-bond donors (Lipinski definition) is 1. The number of rotatable bonds is 3. The summed E-state index contributed by atoms with van der Waals surface area (Å²) in [6.45, 7) is 8.67. The molecule has 2 aliphatic heterocycles. The number of carbonyl (C=O) groups excluding carboxylic acids is 1. The molecular weight excluding hydrogens is 284 g/mol. The van der Waals surface area contributed by atoms with Gasteiger partial charge in [-0.15, -0.1) is 0 Å². The molecule has 0 radical (unpaired) electrons. The molecule has 2 saturated heterocycles. The number of nitrogens with zero attached hydrogens (tertiary/aromatic N) is 1. The molecule has 0 aliphatic carbocycles. The molecule has 3 heteroatoms. The highest BCUT2D eigenvalue weighted by Crippen LogP contribution is 2.26. The van der Waals surface area contributed by atoms with E-state index in [0.29, 0.717) is 5.92 Å². The van der Waals surface area contributed by atoms with Crippen molar-refractivity contribution in [3.8, 4) is 0 Å². The maximum Gasteiger partial charge on any atom is 0.209 e. The summed E-state index contributed by atoms with van der Waals surface area (Å²) in [5, 5.41) is 3.22. The fourth-order valence-electron chi connectivity index (χ4n) is 2.69. The highest BCUT2D eigenvalue weighted by Gasteiger charge is 2.18. The molecule has 0 atom stereocenters. The second kappa shape index (κ2) is 13.1. The third kappa shape index (κ3) is 8.75. The van der Waals surface area contributed by atoms with E-state index in [1.165, 1.54) is 44.3 Å². The zero-order valence-corrected chi connectivity index (χ0v) is 15.0. The Balaban J connectivity index is 0.000000242. The topological polar surface area (TPSA) is 32.3 Å². The van der Waals surface area contributed by atoms with Crippen LogP contribution < -0.4 is 5.32 Å². The normalized spacial score (nSPS) is 17.6. The van der Waals surface area contributed by atoms with Gasteiger partial charge in [-0.2, -0.15) is 0 Å². The molecule has 2 heterocycles. The van der Waals surface area contributed by atoms with Crippen molar-refractivity contribution in [1.82, 2.24) is 10.2 Å². The Kier molecular flexibility index (Phi) is 11.2. The zero-order valence-electron chi connectivity index (χ0n) is 15.0. The molecule has 1 aromatic rings. The van der Waals surface area contributed by atoms with Gasteiger partial charge in [0.1, 0.15) is 0 Å². The van der Waals surface area contributed by atoms with Gasteiger partial charge in [-0.1, -0.05) is 57.0 Å². The van der Waals surface area contributed by atoms with Crippen molar-refractivity contribution in [1.29, 1.82) is 0 Å². The molecular formula is C20H34N2O. The lowest BCUT2D eigenvalue weighted by Gasteiger charge is -2.29. The minimum atomic E-state index is 0.646. The Hall–Kier alpha value is -1.35. The van der Waals surface area contributed by atoms with Crippen molar-refractivity contribution in [2.75, 3.05) is 26.2 Å². The predicted molar refractivity (Wildman–Crippen MR) is 98.7 cm³/mol. The first-order valence-electron chi connectivity index (χ1n) is 9.26. The van der Waals surface area contributed by atoms with Crippen molar-refractivity contribution < 1.29 is 4.79 Å². The van der Waals surface area contributed by atoms with Crippen molar-refractivity contribution in [3.63, 3.8) is 0 Å². The van der Waals surface area contributed by atoms with Crippen LogP contribution in [0.15, 0.2) is 30.3 Å². The number of benzene rings is 1. The monoisotopic (exact) mass is 318 g/mol. The molecule has 1 aromatic carbocycles. The molecule has 0 spiro atoms. The van der Waals surface area contributed by atoms with Gasteiger partial charge in [0.15, 0.2) is 0 Å². The highest BCUT2D eigenvalue weighted by atomic mass is 16.1. The van der Waals surface area contributed by atoms with E-state index < -0.39 is 0 Å². The zero-order chi connectivity index (χ0) is 16.8. The van der Waals surface area contributed by atoms with E-state index in [2.05, 4.69) is 43.4 Å². The van der Waals surface area contributed by atoms with E-state index in [1.54, 1.807) is 0 Å². The number of carbonyl (C=O) groups is 1. The first kappa shape index (κ1) is 19.7. The molecule has 0 bridgehead atoms. The van der Waals surface area contributed by atoms with Crippen LogP contribution in [0.3, 0.4) is 0 Å². The summed E-state index contributed by atoms with van der Waals surface area (Å²) < 4.78 is 0. The smallest absolute Gasteiger partial charge is 0.209 e. The first-order chi connectivity index (χ1) is 11.3. The average Bonchev–Trinajstić information content (AvgIpc) is 3.23. The van der Waals surface area contributed by atoms with Gasteiger partial charge in [0.2, 0.25) is 6.41 Å². The molecule has 2 fully saturated rings. The third-order valence-electron chi connectivity index (χ3n) is 4.41. The minimum absolute atomic E-state index is 0.646. The second-order valence-electron chi connectivity index (χ2n) is 6.28. The summed E-state index contributed by atoms with van der Waals surface area (Å²) in [4.78, 5) is 12.4. The van der Waals surface area contributed by atoms with Crippen molar-refractivity contribution in [3.05, 3.63) is 35.9 Å². The number of amides is 1. The van der Waals surface area contributed by atoms with Crippen LogP contribution in [-0.4, -0.2) is 37.5 Å². The van der Waals surface area contributed by atoms with Crippen LogP contribution in [0.2, 0.25) is 0 Å². The van der Waals surface area contributed by atoms with Gasteiger partial charge in [-0.05, 0) is 50.3 Å². The van der Waals surface area contributed by atoms with E-state index in [0.717, 1.165) is 32.3 Å². The summed E-state index contributed by atoms with van der Waals surface area (Å²) in [7, 11) is 0. The van der Waals surface area contributed by atoms with Gasteiger partial charge in [0, 0.05) is 13.1 Å². The summed E-state index contributed by atoms with van der Waals surface area (Å²) in [5.74, 6) is 0.646. The fourth-order valence-corrected chi connectivity index (χ4v) is 2.69. The van der Waals surface area contributed by atoms with Crippen LogP contribution in [0, 0.1) is 0 Å². The van der Waals surface area contributed by atoms with E-state index in [9.17, 15) is 4.79 Å². The molecule has 0 saturated carbocycles. The van der Waals surface area contributed by atoms with Crippen LogP contribution >= 0.6 is 0 Å². The third-order valence-corrected chi connectivity index (χ3v) is 4.41. The van der Waals surface area contributed by atoms with E-state index in [1.807, 2.05) is 11.0 Å². The number of piperidine rings is 1. The fraction of sp³-hybridized carbons (Fsp3) is 0.650. The van der Waals surface area contributed by atoms with Crippen molar-refractivity contribution >= 4 is 6.41 Å². The lowest BCUT2D eigenvalue weighted by Crippen LogP contribution is -2.31. The molecule has 3 rings (SSSR count). The Morgan fingerprint density at radius 1 is 1.04 bits per heavy atom. The van der Waals surface area contributed by atoms with Gasteiger partial charge in [0.05, 0.1) is 0 Å². The number of likely N-dealkylation sites (tertiary alicyclic amines) is 1. The Labute approximate surface area is 142 Å². The van der Waals surface area contributed by atoms with Crippen LogP contribution in [0.1, 0.15) is 63.9 Å². The average molecular weight is 319 g/mol. The summed E-state index contributed by atoms with van der Waals surface area (Å²) in [6.07, 6.45) is 8.58. The molecule has 1 amide bonds. The van der Waals surface area contributed by atoms with E-state index in [4.69, 9.17) is 0 Å². The maximum absolute atomic E-state index is 10.5. The van der Waals surface area contributed by atoms with Gasteiger partial charge < -0.3 is 10.2 Å². The van der Waals surface area contributed by atoms with Gasteiger partial charge in [-0.3, -0.25) is 4.79 Å². The standard InChI is InChI=1S/C12H15NO.C4H9N.C4H10/c14-10-13-8-6-12(7-9-13)11-4-2-1-3-5-11;1-2-4-5-3-1;1-3-4-2/h1-5,10,12H,6-9H2;5H,1-4H2;3-4H2,1-2H3. The van der Waals surface area contributed by atoms with Gasteiger partial charge in [0.25, 0.3) is 0 Å². The second-order valence-corrected chi connectivity index (χ2v) is 6.28. The summed E-state index contributed by atoms with van der Waals surface area (Å²) >= 11 is 0. The number of hydrogen-bond acceptors (Lipinski definition) is 2. The van der Waals surface area contributed by atoms with Crippen molar-refractivity contribution in [2.24, 2.45) is 0 Å². The lowest BCUT2D eigenvalue weighted by molar-refractivity contribution is -0.119. The summed E-state index contributed by atoms with van der Waals surface area (Å²) in [5.41, 5.74) is 1.41. The minimum Gasteiger partial charge on any atom is -0.345 e. The number of nitrogens with one attached hydrogen (secondary N) is 1. The predicted octanol–water partition coefficient (Wildman–Crippen LogP) is 4.20. The Morgan fingerprint density at radius 2 is 1.61 bits per heavy atom. The van der Waals surface area contributed by atoms with Crippen LogP contribution in [0.25, 0.3) is 0 Å². The summed E-state index contributed by atoms with van der Waals surface area (Å²) in [6, 6.07) is 10.6.